The third kappa shape index (κ3) is 4.79. The lowest BCUT2D eigenvalue weighted by Gasteiger charge is -2.23. The molecule has 0 fully saturated rings. The van der Waals surface area contributed by atoms with Crippen LogP contribution < -0.4 is 5.32 Å². The van der Waals surface area contributed by atoms with Crippen LogP contribution in [0.3, 0.4) is 0 Å². The summed E-state index contributed by atoms with van der Waals surface area (Å²) in [7, 11) is 1.77. The Morgan fingerprint density at radius 2 is 1.78 bits per heavy atom. The molecule has 0 aliphatic heterocycles. The number of benzene rings is 1. The Balaban J connectivity index is 2.82. The SMILES string of the molecule is CCNC(CC(C)COC)c1cc(C)cc(C)c1. The molecule has 1 aromatic rings. The second-order valence-corrected chi connectivity index (χ2v) is 5.33. The van der Waals surface area contributed by atoms with Gasteiger partial charge in [0.25, 0.3) is 0 Å². The minimum Gasteiger partial charge on any atom is -0.384 e. The van der Waals surface area contributed by atoms with Gasteiger partial charge in [0, 0.05) is 19.8 Å². The maximum absolute atomic E-state index is 5.24. The monoisotopic (exact) mass is 249 g/mol. The predicted octanol–water partition coefficient (Wildman–Crippen LogP) is 3.63. The van der Waals surface area contributed by atoms with E-state index in [1.54, 1.807) is 7.11 Å². The van der Waals surface area contributed by atoms with Crippen LogP contribution in [0.5, 0.6) is 0 Å². The average molecular weight is 249 g/mol. The Morgan fingerprint density at radius 1 is 1.17 bits per heavy atom. The van der Waals surface area contributed by atoms with Crippen molar-refractivity contribution in [2.75, 3.05) is 20.3 Å². The molecule has 18 heavy (non-hydrogen) atoms. The van der Waals surface area contributed by atoms with E-state index in [1.165, 1.54) is 16.7 Å². The Morgan fingerprint density at radius 3 is 2.28 bits per heavy atom. The molecule has 0 saturated heterocycles. The lowest BCUT2D eigenvalue weighted by Crippen LogP contribution is -2.24. The molecule has 0 saturated carbocycles. The second-order valence-electron chi connectivity index (χ2n) is 5.33. The van der Waals surface area contributed by atoms with Crippen LogP contribution >= 0.6 is 0 Å². The third-order valence-corrected chi connectivity index (χ3v) is 3.19. The number of methoxy groups -OCH3 is 1. The molecule has 2 atom stereocenters. The largest absolute Gasteiger partial charge is 0.384 e. The highest BCUT2D eigenvalue weighted by molar-refractivity contribution is 5.30. The molecule has 0 aliphatic rings. The number of nitrogens with one attached hydrogen (secondary N) is 1. The first-order valence-electron chi connectivity index (χ1n) is 6.87. The van der Waals surface area contributed by atoms with Gasteiger partial charge in [0.1, 0.15) is 0 Å². The average Bonchev–Trinajstić information content (AvgIpc) is 2.27. The summed E-state index contributed by atoms with van der Waals surface area (Å²) in [5.41, 5.74) is 4.08. The van der Waals surface area contributed by atoms with E-state index in [4.69, 9.17) is 4.74 Å². The van der Waals surface area contributed by atoms with Crippen LogP contribution in [0.4, 0.5) is 0 Å². The molecular weight excluding hydrogens is 222 g/mol. The lowest BCUT2D eigenvalue weighted by atomic mass is 9.94. The van der Waals surface area contributed by atoms with Gasteiger partial charge >= 0.3 is 0 Å². The Hall–Kier alpha value is -0.860. The van der Waals surface area contributed by atoms with Crippen LogP contribution in [0.2, 0.25) is 0 Å². The summed E-state index contributed by atoms with van der Waals surface area (Å²) in [6.07, 6.45) is 1.12. The molecule has 2 unspecified atom stereocenters. The fourth-order valence-electron chi connectivity index (χ4n) is 2.55. The van der Waals surface area contributed by atoms with E-state index in [2.05, 4.69) is 51.2 Å². The highest BCUT2D eigenvalue weighted by Crippen LogP contribution is 2.23. The zero-order valence-electron chi connectivity index (χ0n) is 12.4. The van der Waals surface area contributed by atoms with Crippen LogP contribution in [0.25, 0.3) is 0 Å². The van der Waals surface area contributed by atoms with Crippen molar-refractivity contribution in [2.24, 2.45) is 5.92 Å². The van der Waals surface area contributed by atoms with Crippen molar-refractivity contribution in [3.05, 3.63) is 34.9 Å². The molecule has 1 N–H and O–H groups in total. The molecule has 0 bridgehead atoms. The van der Waals surface area contributed by atoms with Gasteiger partial charge in [-0.25, -0.2) is 0 Å². The van der Waals surface area contributed by atoms with Crippen molar-refractivity contribution in [1.82, 2.24) is 5.32 Å². The van der Waals surface area contributed by atoms with Gasteiger partial charge in [-0.1, -0.05) is 43.2 Å². The van der Waals surface area contributed by atoms with E-state index in [0.29, 0.717) is 12.0 Å². The van der Waals surface area contributed by atoms with Crippen molar-refractivity contribution >= 4 is 0 Å². The summed E-state index contributed by atoms with van der Waals surface area (Å²) in [5, 5.41) is 3.59. The first-order valence-corrected chi connectivity index (χ1v) is 6.87. The number of hydrogen-bond donors (Lipinski definition) is 1. The Bertz CT molecular complexity index is 342. The lowest BCUT2D eigenvalue weighted by molar-refractivity contribution is 0.149. The minimum atomic E-state index is 0.429. The summed E-state index contributed by atoms with van der Waals surface area (Å²) in [6.45, 7) is 10.6. The van der Waals surface area contributed by atoms with Crippen molar-refractivity contribution in [1.29, 1.82) is 0 Å². The van der Waals surface area contributed by atoms with Crippen molar-refractivity contribution in [2.45, 2.75) is 40.2 Å². The Kier molecular flexibility index (Phi) is 6.37. The molecule has 0 radical (unpaired) electrons. The van der Waals surface area contributed by atoms with Crippen molar-refractivity contribution in [3.63, 3.8) is 0 Å². The first kappa shape index (κ1) is 15.2. The molecule has 0 amide bonds. The van der Waals surface area contributed by atoms with E-state index >= 15 is 0 Å². The van der Waals surface area contributed by atoms with Gasteiger partial charge in [-0.05, 0) is 38.3 Å². The molecule has 1 aromatic carbocycles. The van der Waals surface area contributed by atoms with Crippen LogP contribution in [0.1, 0.15) is 43.0 Å². The van der Waals surface area contributed by atoms with E-state index in [9.17, 15) is 0 Å². The summed E-state index contributed by atoms with van der Waals surface area (Å²) in [4.78, 5) is 0. The molecule has 1 rings (SSSR count). The molecule has 0 aliphatic carbocycles. The zero-order valence-corrected chi connectivity index (χ0v) is 12.4. The molecule has 102 valence electrons. The highest BCUT2D eigenvalue weighted by atomic mass is 16.5. The van der Waals surface area contributed by atoms with E-state index < -0.39 is 0 Å². The summed E-state index contributed by atoms with van der Waals surface area (Å²) >= 11 is 0. The third-order valence-electron chi connectivity index (χ3n) is 3.19. The second kappa shape index (κ2) is 7.55. The van der Waals surface area contributed by atoms with Crippen LogP contribution in [0.15, 0.2) is 18.2 Å². The van der Waals surface area contributed by atoms with Gasteiger partial charge in [0.05, 0.1) is 0 Å². The smallest absolute Gasteiger partial charge is 0.0488 e. The zero-order chi connectivity index (χ0) is 13.5. The number of rotatable bonds is 7. The van der Waals surface area contributed by atoms with Crippen LogP contribution in [0, 0.1) is 19.8 Å². The fourth-order valence-corrected chi connectivity index (χ4v) is 2.55. The van der Waals surface area contributed by atoms with Gasteiger partial charge in [-0.15, -0.1) is 0 Å². The van der Waals surface area contributed by atoms with Crippen molar-refractivity contribution in [3.8, 4) is 0 Å². The van der Waals surface area contributed by atoms with E-state index in [1.807, 2.05) is 0 Å². The minimum absolute atomic E-state index is 0.429. The molecule has 0 heterocycles. The maximum atomic E-state index is 5.24. The molecule has 2 nitrogen and oxygen atoms in total. The Labute approximate surface area is 112 Å². The van der Waals surface area contributed by atoms with Gasteiger partial charge < -0.3 is 10.1 Å². The number of ether oxygens (including phenoxy) is 1. The van der Waals surface area contributed by atoms with Crippen molar-refractivity contribution < 1.29 is 4.74 Å². The fraction of sp³-hybridized carbons (Fsp3) is 0.625. The standard InChI is InChI=1S/C16H27NO/c1-6-17-16(10-14(4)11-18-5)15-8-12(2)7-13(3)9-15/h7-9,14,16-17H,6,10-11H2,1-5H3. The van der Waals surface area contributed by atoms with Gasteiger partial charge in [0.2, 0.25) is 0 Å². The maximum Gasteiger partial charge on any atom is 0.0488 e. The van der Waals surface area contributed by atoms with Gasteiger partial charge in [-0.3, -0.25) is 0 Å². The molecule has 0 spiro atoms. The molecule has 0 aromatic heterocycles. The van der Waals surface area contributed by atoms with E-state index in [-0.39, 0.29) is 0 Å². The summed E-state index contributed by atoms with van der Waals surface area (Å²) in [6, 6.07) is 7.24. The first-order chi connectivity index (χ1) is 8.56. The summed E-state index contributed by atoms with van der Waals surface area (Å²) < 4.78 is 5.24. The van der Waals surface area contributed by atoms with Gasteiger partial charge in [-0.2, -0.15) is 0 Å². The quantitative estimate of drug-likeness (QED) is 0.797. The predicted molar refractivity (Wildman–Crippen MR) is 78.0 cm³/mol. The molecular formula is C16H27NO. The highest BCUT2D eigenvalue weighted by Gasteiger charge is 2.15. The number of aryl methyl sites for hydroxylation is 2. The van der Waals surface area contributed by atoms with Crippen LogP contribution in [-0.4, -0.2) is 20.3 Å². The number of hydrogen-bond acceptors (Lipinski definition) is 2. The normalized spacial score (nSPS) is 14.5. The topological polar surface area (TPSA) is 21.3 Å². The van der Waals surface area contributed by atoms with Crippen LogP contribution in [-0.2, 0) is 4.74 Å². The van der Waals surface area contributed by atoms with E-state index in [0.717, 1.165) is 19.6 Å². The molecule has 2 heteroatoms. The van der Waals surface area contributed by atoms with Gasteiger partial charge in [0.15, 0.2) is 0 Å². The summed E-state index contributed by atoms with van der Waals surface area (Å²) in [5.74, 6) is 0.569.